The molecule has 0 aromatic heterocycles. The Balaban J connectivity index is 2.23. The molecule has 0 bridgehead atoms. The number of rotatable bonds is 3. The molecule has 0 saturated carbocycles. The van der Waals surface area contributed by atoms with Gasteiger partial charge in [-0.15, -0.1) is 0 Å². The van der Waals surface area contributed by atoms with Crippen molar-refractivity contribution in [3.8, 4) is 5.75 Å². The van der Waals surface area contributed by atoms with Gasteiger partial charge in [0, 0.05) is 18.8 Å². The molecule has 0 aliphatic carbocycles. The van der Waals surface area contributed by atoms with Crippen molar-refractivity contribution in [2.24, 2.45) is 5.73 Å². The maximum atomic E-state index is 12.4. The van der Waals surface area contributed by atoms with Gasteiger partial charge in [-0.3, -0.25) is 4.79 Å². The van der Waals surface area contributed by atoms with Crippen LogP contribution in [-0.2, 0) is 4.74 Å². The van der Waals surface area contributed by atoms with Crippen LogP contribution in [-0.4, -0.2) is 31.6 Å². The highest BCUT2D eigenvalue weighted by molar-refractivity contribution is 6.03. The Morgan fingerprint density at radius 2 is 2.12 bits per heavy atom. The number of hydrogen-bond acceptors (Lipinski definition) is 4. The molecule has 4 heteroatoms. The van der Waals surface area contributed by atoms with Gasteiger partial charge in [0.05, 0.1) is 12.6 Å². The van der Waals surface area contributed by atoms with Crippen LogP contribution in [0.1, 0.15) is 23.2 Å². The number of hydrogen-bond donors (Lipinski definition) is 1. The summed E-state index contributed by atoms with van der Waals surface area (Å²) in [5.74, 6) is 0.645. The van der Waals surface area contributed by atoms with Crippen LogP contribution in [0, 0.1) is 0 Å². The van der Waals surface area contributed by atoms with E-state index in [1.807, 2.05) is 6.07 Å². The van der Waals surface area contributed by atoms with Crippen LogP contribution in [0.2, 0.25) is 0 Å². The third kappa shape index (κ3) is 2.48. The highest BCUT2D eigenvalue weighted by atomic mass is 16.5. The topological polar surface area (TPSA) is 61.5 Å². The number of carbonyl (C=O) groups excluding carboxylic acids is 1. The fourth-order valence-corrected chi connectivity index (χ4v) is 2.01. The molecule has 1 aliphatic rings. The lowest BCUT2D eigenvalue weighted by atomic mass is 9.83. The average Bonchev–Trinajstić information content (AvgIpc) is 2.39. The first-order valence-corrected chi connectivity index (χ1v) is 5.71. The number of Topliss-reactive ketones (excluding diaryl/α,β-unsaturated/α-hetero) is 1. The van der Waals surface area contributed by atoms with E-state index in [1.54, 1.807) is 25.3 Å². The zero-order chi connectivity index (χ0) is 12.3. The number of ketones is 1. The fourth-order valence-electron chi connectivity index (χ4n) is 2.01. The zero-order valence-electron chi connectivity index (χ0n) is 9.94. The van der Waals surface area contributed by atoms with Crippen LogP contribution < -0.4 is 10.5 Å². The molecule has 17 heavy (non-hydrogen) atoms. The molecule has 0 atom stereocenters. The molecule has 0 amide bonds. The van der Waals surface area contributed by atoms with E-state index in [4.69, 9.17) is 15.2 Å². The summed E-state index contributed by atoms with van der Waals surface area (Å²) in [6.07, 6.45) is 1.14. The van der Waals surface area contributed by atoms with Gasteiger partial charge in [-0.2, -0.15) is 0 Å². The van der Waals surface area contributed by atoms with Crippen molar-refractivity contribution in [1.29, 1.82) is 0 Å². The number of ether oxygens (including phenoxy) is 2. The Labute approximate surface area is 101 Å². The third-order valence-corrected chi connectivity index (χ3v) is 3.17. The van der Waals surface area contributed by atoms with E-state index in [0.29, 0.717) is 37.4 Å². The first kappa shape index (κ1) is 12.1. The van der Waals surface area contributed by atoms with Gasteiger partial charge >= 0.3 is 0 Å². The molecule has 2 N–H and O–H groups in total. The van der Waals surface area contributed by atoms with Crippen molar-refractivity contribution in [3.63, 3.8) is 0 Å². The van der Waals surface area contributed by atoms with Crippen molar-refractivity contribution >= 4 is 5.78 Å². The van der Waals surface area contributed by atoms with Gasteiger partial charge in [0.25, 0.3) is 0 Å². The summed E-state index contributed by atoms with van der Waals surface area (Å²) in [4.78, 5) is 12.4. The molecule has 4 nitrogen and oxygen atoms in total. The van der Waals surface area contributed by atoms with Gasteiger partial charge in [-0.1, -0.05) is 12.1 Å². The Bertz CT molecular complexity index is 411. The second-order valence-electron chi connectivity index (χ2n) is 4.33. The molecule has 2 rings (SSSR count). The third-order valence-electron chi connectivity index (χ3n) is 3.17. The van der Waals surface area contributed by atoms with E-state index in [1.165, 1.54) is 0 Å². The van der Waals surface area contributed by atoms with Gasteiger partial charge in [-0.05, 0) is 25.0 Å². The number of benzene rings is 1. The molecule has 1 heterocycles. The molecule has 1 aromatic carbocycles. The van der Waals surface area contributed by atoms with Crippen LogP contribution in [0.3, 0.4) is 0 Å². The number of carbonyl (C=O) groups is 1. The van der Waals surface area contributed by atoms with Crippen molar-refractivity contribution in [3.05, 3.63) is 29.8 Å². The minimum Gasteiger partial charge on any atom is -0.497 e. The van der Waals surface area contributed by atoms with Crippen molar-refractivity contribution in [2.75, 3.05) is 20.3 Å². The normalized spacial score (nSPS) is 18.7. The van der Waals surface area contributed by atoms with Crippen LogP contribution >= 0.6 is 0 Å². The Hall–Kier alpha value is -1.39. The molecule has 1 saturated heterocycles. The van der Waals surface area contributed by atoms with Gasteiger partial charge in [0.15, 0.2) is 5.78 Å². The fraction of sp³-hybridized carbons (Fsp3) is 0.462. The van der Waals surface area contributed by atoms with E-state index >= 15 is 0 Å². The summed E-state index contributed by atoms with van der Waals surface area (Å²) in [6.45, 7) is 1.10. The van der Waals surface area contributed by atoms with E-state index in [-0.39, 0.29) is 5.78 Å². The summed E-state index contributed by atoms with van der Waals surface area (Å²) in [5, 5.41) is 0. The highest BCUT2D eigenvalue weighted by Gasteiger charge is 2.36. The maximum Gasteiger partial charge on any atom is 0.182 e. The van der Waals surface area contributed by atoms with Crippen LogP contribution in [0.4, 0.5) is 0 Å². The second kappa shape index (κ2) is 4.85. The predicted octanol–water partition coefficient (Wildman–Crippen LogP) is 1.39. The maximum absolute atomic E-state index is 12.4. The lowest BCUT2D eigenvalue weighted by Crippen LogP contribution is -2.51. The molecular weight excluding hydrogens is 218 g/mol. The molecular formula is C13H17NO3. The van der Waals surface area contributed by atoms with Crippen LogP contribution in [0.25, 0.3) is 0 Å². The van der Waals surface area contributed by atoms with Crippen molar-refractivity contribution in [1.82, 2.24) is 0 Å². The van der Waals surface area contributed by atoms with E-state index < -0.39 is 5.54 Å². The van der Waals surface area contributed by atoms with E-state index in [0.717, 1.165) is 0 Å². The standard InChI is InChI=1S/C13H17NO3/c1-16-11-4-2-3-10(9-11)12(15)13(14)5-7-17-8-6-13/h2-4,9H,5-8,14H2,1H3. The lowest BCUT2D eigenvalue weighted by molar-refractivity contribution is 0.0447. The molecule has 0 unspecified atom stereocenters. The SMILES string of the molecule is COc1cccc(C(=O)C2(N)CCOCC2)c1. The lowest BCUT2D eigenvalue weighted by Gasteiger charge is -2.31. The van der Waals surface area contributed by atoms with Crippen LogP contribution in [0.15, 0.2) is 24.3 Å². The van der Waals surface area contributed by atoms with Gasteiger partial charge in [0.1, 0.15) is 5.75 Å². The van der Waals surface area contributed by atoms with Gasteiger partial charge in [-0.25, -0.2) is 0 Å². The summed E-state index contributed by atoms with van der Waals surface area (Å²) >= 11 is 0. The molecule has 0 spiro atoms. The zero-order valence-corrected chi connectivity index (χ0v) is 9.94. The molecule has 1 aliphatic heterocycles. The smallest absolute Gasteiger partial charge is 0.182 e. The quantitative estimate of drug-likeness (QED) is 0.804. The van der Waals surface area contributed by atoms with Crippen molar-refractivity contribution < 1.29 is 14.3 Å². The minimum atomic E-state index is -0.787. The van der Waals surface area contributed by atoms with Crippen molar-refractivity contribution in [2.45, 2.75) is 18.4 Å². The Morgan fingerprint density at radius 1 is 1.41 bits per heavy atom. The molecule has 1 fully saturated rings. The average molecular weight is 235 g/mol. The molecule has 92 valence electrons. The number of nitrogens with two attached hydrogens (primary N) is 1. The van der Waals surface area contributed by atoms with E-state index in [9.17, 15) is 4.79 Å². The largest absolute Gasteiger partial charge is 0.497 e. The summed E-state index contributed by atoms with van der Waals surface area (Å²) in [5.41, 5.74) is 5.97. The summed E-state index contributed by atoms with van der Waals surface area (Å²) in [7, 11) is 1.58. The summed E-state index contributed by atoms with van der Waals surface area (Å²) < 4.78 is 10.3. The highest BCUT2D eigenvalue weighted by Crippen LogP contribution is 2.24. The monoisotopic (exact) mass is 235 g/mol. The molecule has 1 aromatic rings. The van der Waals surface area contributed by atoms with Gasteiger partial charge < -0.3 is 15.2 Å². The number of methoxy groups -OCH3 is 1. The molecule has 0 radical (unpaired) electrons. The first-order chi connectivity index (χ1) is 8.15. The summed E-state index contributed by atoms with van der Waals surface area (Å²) in [6, 6.07) is 7.11. The minimum absolute atomic E-state index is 0.0281. The predicted molar refractivity (Wildman–Crippen MR) is 64.3 cm³/mol. The Morgan fingerprint density at radius 3 is 2.76 bits per heavy atom. The van der Waals surface area contributed by atoms with Crippen LogP contribution in [0.5, 0.6) is 5.75 Å². The first-order valence-electron chi connectivity index (χ1n) is 5.71. The second-order valence-corrected chi connectivity index (χ2v) is 4.33. The van der Waals surface area contributed by atoms with Gasteiger partial charge in [0.2, 0.25) is 0 Å². The van der Waals surface area contributed by atoms with E-state index in [2.05, 4.69) is 0 Å². The Kier molecular flexibility index (Phi) is 3.45.